The summed E-state index contributed by atoms with van der Waals surface area (Å²) < 4.78 is 9.34. The molecule has 0 spiro atoms. The average molecular weight is 489 g/mol. The quantitative estimate of drug-likeness (QED) is 0.444. The van der Waals surface area contributed by atoms with Crippen LogP contribution < -0.4 is 5.69 Å². The van der Waals surface area contributed by atoms with Crippen LogP contribution in [-0.4, -0.2) is 61.4 Å². The molecule has 1 N–H and O–H groups in total. The summed E-state index contributed by atoms with van der Waals surface area (Å²) in [6.45, 7) is 10.8. The lowest BCUT2D eigenvalue weighted by Crippen LogP contribution is -2.56. The first-order valence-electron chi connectivity index (χ1n) is 13.2. The lowest BCUT2D eigenvalue weighted by Gasteiger charge is -2.46. The molecule has 1 aromatic carbocycles. The minimum absolute atomic E-state index is 0.00309. The second-order valence-electron chi connectivity index (χ2n) is 11.0. The third-order valence-corrected chi connectivity index (χ3v) is 8.68. The van der Waals surface area contributed by atoms with Crippen LogP contribution in [0.5, 0.6) is 0 Å². The summed E-state index contributed by atoms with van der Waals surface area (Å²) in [5.74, 6) is 0.310. The highest BCUT2D eigenvalue weighted by Gasteiger charge is 2.35. The molecule has 0 amide bonds. The van der Waals surface area contributed by atoms with Gasteiger partial charge in [-0.1, -0.05) is 13.8 Å². The van der Waals surface area contributed by atoms with Crippen molar-refractivity contribution in [3.05, 3.63) is 51.8 Å². The van der Waals surface area contributed by atoms with E-state index in [0.29, 0.717) is 18.1 Å². The Balaban J connectivity index is 1.37. The van der Waals surface area contributed by atoms with Gasteiger partial charge in [0.25, 0.3) is 0 Å². The van der Waals surface area contributed by atoms with Gasteiger partial charge in [-0.3, -0.25) is 9.47 Å². The number of benzene rings is 1. The summed E-state index contributed by atoms with van der Waals surface area (Å²) >= 11 is 0. The van der Waals surface area contributed by atoms with Crippen LogP contribution in [-0.2, 0) is 4.74 Å². The third-order valence-electron chi connectivity index (χ3n) is 8.68. The van der Waals surface area contributed by atoms with Gasteiger partial charge in [-0.15, -0.1) is 0 Å². The Morgan fingerprint density at radius 1 is 1.03 bits per heavy atom. The Bertz CT molecular complexity index is 1480. The molecule has 8 heteroatoms. The number of likely N-dealkylation sites (tertiary alicyclic amines) is 1. The van der Waals surface area contributed by atoms with Crippen LogP contribution >= 0.6 is 0 Å². The Hall–Kier alpha value is -2.97. The molecule has 1 aliphatic heterocycles. The zero-order valence-electron chi connectivity index (χ0n) is 21.9. The van der Waals surface area contributed by atoms with Crippen LogP contribution in [0.15, 0.2) is 29.5 Å². The van der Waals surface area contributed by atoms with Crippen LogP contribution in [0.1, 0.15) is 68.2 Å². The van der Waals surface area contributed by atoms with Gasteiger partial charge in [-0.2, -0.15) is 5.10 Å². The molecule has 0 unspecified atom stereocenters. The van der Waals surface area contributed by atoms with E-state index in [1.54, 1.807) is 13.4 Å². The van der Waals surface area contributed by atoms with Crippen molar-refractivity contribution in [1.29, 1.82) is 0 Å². The monoisotopic (exact) mass is 488 g/mol. The van der Waals surface area contributed by atoms with E-state index < -0.39 is 0 Å². The Labute approximate surface area is 211 Å². The number of nitrogens with one attached hydrogen (secondary N) is 1. The first-order valence-corrected chi connectivity index (χ1v) is 13.2. The van der Waals surface area contributed by atoms with E-state index in [-0.39, 0.29) is 11.7 Å². The summed E-state index contributed by atoms with van der Waals surface area (Å²) in [6.07, 6.45) is 8.38. The topological polar surface area (TPSA) is 80.5 Å². The number of aromatic nitrogens is 5. The van der Waals surface area contributed by atoms with Gasteiger partial charge in [0, 0.05) is 44.0 Å². The van der Waals surface area contributed by atoms with Gasteiger partial charge >= 0.3 is 5.69 Å². The predicted molar refractivity (Wildman–Crippen MR) is 142 cm³/mol. The summed E-state index contributed by atoms with van der Waals surface area (Å²) in [5, 5.41) is 4.39. The number of aromatic amines is 1. The molecular formula is C28H36N6O2. The number of aryl methyl sites for hydroxylation is 1. The van der Waals surface area contributed by atoms with Gasteiger partial charge in [0.15, 0.2) is 5.65 Å². The number of nitrogens with zero attached hydrogens (tertiary/aromatic N) is 5. The normalized spacial score (nSPS) is 21.6. The maximum absolute atomic E-state index is 13.3. The number of pyridine rings is 1. The van der Waals surface area contributed by atoms with Gasteiger partial charge in [0.2, 0.25) is 0 Å². The minimum Gasteiger partial charge on any atom is -0.379 e. The average Bonchev–Trinajstić information content (AvgIpc) is 3.43. The highest BCUT2D eigenvalue weighted by molar-refractivity contribution is 5.86. The van der Waals surface area contributed by atoms with Gasteiger partial charge in [0.1, 0.15) is 6.33 Å². The first-order chi connectivity index (χ1) is 17.4. The van der Waals surface area contributed by atoms with Crippen LogP contribution in [0.25, 0.3) is 27.8 Å². The van der Waals surface area contributed by atoms with Crippen molar-refractivity contribution in [1.82, 2.24) is 29.0 Å². The zero-order valence-corrected chi connectivity index (χ0v) is 21.9. The van der Waals surface area contributed by atoms with Gasteiger partial charge in [-0.25, -0.2) is 14.3 Å². The van der Waals surface area contributed by atoms with E-state index in [1.165, 1.54) is 11.1 Å². The Morgan fingerprint density at radius 3 is 2.44 bits per heavy atom. The van der Waals surface area contributed by atoms with E-state index >= 15 is 0 Å². The molecule has 1 saturated heterocycles. The molecule has 2 fully saturated rings. The van der Waals surface area contributed by atoms with E-state index in [4.69, 9.17) is 4.74 Å². The molecule has 0 radical (unpaired) electrons. The standard InChI is InChI=1S/C28H36N6O2/c1-16(2)22-11-26-25(10-23(22)24-14-33-27(29-15-30-33)18(4)17(24)3)31-28(35)34(26)20-8-6-19(7-9-20)32-12-21(13-32)36-5/h10-11,14-16,19-21H,6-9,12-13H2,1-5H3,(H,31,35). The number of H-pyrrole nitrogens is 1. The number of hydrogen-bond acceptors (Lipinski definition) is 5. The summed E-state index contributed by atoms with van der Waals surface area (Å²) in [5.41, 5.74) is 8.67. The number of ether oxygens (including phenoxy) is 1. The zero-order chi connectivity index (χ0) is 25.1. The number of fused-ring (bicyclic) bond motifs is 2. The van der Waals surface area contributed by atoms with Gasteiger partial charge in [-0.05, 0) is 79.8 Å². The lowest BCUT2D eigenvalue weighted by molar-refractivity contribution is -0.0591. The minimum atomic E-state index is 0.00309. The molecule has 8 nitrogen and oxygen atoms in total. The van der Waals surface area contributed by atoms with E-state index in [2.05, 4.69) is 66.0 Å². The molecule has 6 rings (SSSR count). The molecule has 3 aromatic heterocycles. The van der Waals surface area contributed by atoms with Crippen molar-refractivity contribution in [3.8, 4) is 11.1 Å². The molecule has 4 heterocycles. The molecule has 2 aliphatic rings. The third kappa shape index (κ3) is 3.69. The highest BCUT2D eigenvalue weighted by atomic mass is 16.5. The Kier molecular flexibility index (Phi) is 5.76. The molecule has 1 aliphatic carbocycles. The van der Waals surface area contributed by atoms with Gasteiger partial charge < -0.3 is 9.72 Å². The molecular weight excluding hydrogens is 452 g/mol. The fraction of sp³-hybridized carbons (Fsp3) is 0.536. The van der Waals surface area contributed by atoms with Crippen molar-refractivity contribution >= 4 is 16.7 Å². The maximum Gasteiger partial charge on any atom is 0.326 e. The van der Waals surface area contributed by atoms with E-state index in [9.17, 15) is 4.79 Å². The largest absolute Gasteiger partial charge is 0.379 e. The van der Waals surface area contributed by atoms with Crippen LogP contribution in [0.2, 0.25) is 0 Å². The van der Waals surface area contributed by atoms with Crippen molar-refractivity contribution in [2.24, 2.45) is 0 Å². The van der Waals surface area contributed by atoms with Crippen molar-refractivity contribution in [3.63, 3.8) is 0 Å². The van der Waals surface area contributed by atoms with E-state index in [1.807, 2.05) is 9.08 Å². The predicted octanol–water partition coefficient (Wildman–Crippen LogP) is 4.59. The summed E-state index contributed by atoms with van der Waals surface area (Å²) in [7, 11) is 1.80. The second-order valence-corrected chi connectivity index (χ2v) is 11.0. The van der Waals surface area contributed by atoms with E-state index in [0.717, 1.165) is 72.1 Å². The Morgan fingerprint density at radius 2 is 1.75 bits per heavy atom. The fourth-order valence-corrected chi connectivity index (χ4v) is 6.33. The number of imidazole rings is 1. The molecule has 1 saturated carbocycles. The molecule has 0 bridgehead atoms. The lowest BCUT2D eigenvalue weighted by atomic mass is 9.87. The van der Waals surface area contributed by atoms with Crippen LogP contribution in [0, 0.1) is 13.8 Å². The first kappa shape index (κ1) is 23.4. The number of methoxy groups -OCH3 is 1. The number of rotatable bonds is 5. The summed E-state index contributed by atoms with van der Waals surface area (Å²) in [6, 6.07) is 5.27. The maximum atomic E-state index is 13.3. The van der Waals surface area contributed by atoms with Crippen LogP contribution in [0.4, 0.5) is 0 Å². The number of hydrogen-bond donors (Lipinski definition) is 1. The molecule has 36 heavy (non-hydrogen) atoms. The smallest absolute Gasteiger partial charge is 0.326 e. The highest BCUT2D eigenvalue weighted by Crippen LogP contribution is 2.38. The van der Waals surface area contributed by atoms with Gasteiger partial charge in [0.05, 0.1) is 17.1 Å². The molecule has 4 aromatic rings. The van der Waals surface area contributed by atoms with Crippen LogP contribution in [0.3, 0.4) is 0 Å². The fourth-order valence-electron chi connectivity index (χ4n) is 6.33. The van der Waals surface area contributed by atoms with Crippen molar-refractivity contribution < 1.29 is 4.74 Å². The SMILES string of the molecule is COC1CN(C2CCC(n3c(=O)[nH]c4cc(-c5cn6ncnc6c(C)c5C)c(C(C)C)cc43)CC2)C1. The van der Waals surface area contributed by atoms with Crippen molar-refractivity contribution in [2.75, 3.05) is 20.2 Å². The molecule has 0 atom stereocenters. The second kappa shape index (κ2) is 8.85. The van der Waals surface area contributed by atoms with Crippen molar-refractivity contribution in [2.45, 2.75) is 77.5 Å². The summed E-state index contributed by atoms with van der Waals surface area (Å²) in [4.78, 5) is 23.4. The molecule has 190 valence electrons.